The van der Waals surface area contributed by atoms with Crippen LogP contribution < -0.4 is 0 Å². The minimum atomic E-state index is -0.598. The maximum Gasteiger partial charge on any atom is 0.0626 e. The van der Waals surface area contributed by atoms with E-state index in [1.807, 2.05) is 27.7 Å². The third-order valence-electron chi connectivity index (χ3n) is 7.43. The van der Waals surface area contributed by atoms with Crippen LogP contribution in [-0.2, 0) is 0 Å². The van der Waals surface area contributed by atoms with Gasteiger partial charge in [-0.15, -0.1) is 0 Å². The molecule has 3 N–H and O–H groups in total. The van der Waals surface area contributed by atoms with E-state index in [4.69, 9.17) is 5.11 Å². The lowest BCUT2D eigenvalue weighted by atomic mass is 9.63. The third kappa shape index (κ3) is 9.15. The number of allylic oxidation sites excluding steroid dienone is 4. The normalized spacial score (nSPS) is 32.8. The van der Waals surface area contributed by atoms with Crippen molar-refractivity contribution in [3.63, 3.8) is 0 Å². The highest BCUT2D eigenvalue weighted by Gasteiger charge is 2.48. The van der Waals surface area contributed by atoms with Crippen LogP contribution in [0.1, 0.15) is 112 Å². The van der Waals surface area contributed by atoms with Crippen molar-refractivity contribution in [2.45, 2.75) is 124 Å². The molecule has 0 aromatic rings. The molecule has 0 saturated heterocycles. The molecule has 3 nitrogen and oxygen atoms in total. The molecule has 186 valence electrons. The smallest absolute Gasteiger partial charge is 0.0626 e. The van der Waals surface area contributed by atoms with Crippen LogP contribution in [0.2, 0.25) is 0 Å². The molecule has 0 aromatic carbocycles. The Labute approximate surface area is 198 Å². The van der Waals surface area contributed by atoms with Crippen molar-refractivity contribution >= 4 is 0 Å². The van der Waals surface area contributed by atoms with Crippen molar-refractivity contribution in [1.82, 2.24) is 0 Å². The van der Waals surface area contributed by atoms with Crippen LogP contribution in [0.15, 0.2) is 35.5 Å². The highest BCUT2D eigenvalue weighted by Crippen LogP contribution is 2.58. The van der Waals surface area contributed by atoms with Crippen molar-refractivity contribution in [3.8, 4) is 0 Å². The first-order valence-electron chi connectivity index (χ1n) is 13.2. The Morgan fingerprint density at radius 3 is 2.34 bits per heavy atom. The molecule has 0 spiro atoms. The van der Waals surface area contributed by atoms with E-state index < -0.39 is 5.60 Å². The fourth-order valence-corrected chi connectivity index (χ4v) is 5.81. The van der Waals surface area contributed by atoms with Gasteiger partial charge in [-0.1, -0.05) is 56.2 Å². The van der Waals surface area contributed by atoms with E-state index >= 15 is 0 Å². The van der Waals surface area contributed by atoms with Crippen LogP contribution in [0.4, 0.5) is 0 Å². The van der Waals surface area contributed by atoms with E-state index in [1.54, 1.807) is 12.5 Å². The summed E-state index contributed by atoms with van der Waals surface area (Å²) < 4.78 is 0. The van der Waals surface area contributed by atoms with Crippen molar-refractivity contribution < 1.29 is 15.3 Å². The van der Waals surface area contributed by atoms with Crippen LogP contribution in [0, 0.1) is 17.3 Å². The summed E-state index contributed by atoms with van der Waals surface area (Å²) in [5, 5.41) is 27.4. The molecular weight excluding hydrogens is 396 g/mol. The molecule has 3 saturated carbocycles. The van der Waals surface area contributed by atoms with Gasteiger partial charge in [0.05, 0.1) is 11.7 Å². The fraction of sp³-hybridized carbons (Fsp3) is 0.793. The molecule has 3 rings (SSSR count). The van der Waals surface area contributed by atoms with Crippen molar-refractivity contribution in [1.29, 1.82) is 0 Å². The van der Waals surface area contributed by atoms with Gasteiger partial charge in [-0.25, -0.2) is 0 Å². The summed E-state index contributed by atoms with van der Waals surface area (Å²) in [6.45, 7) is 12.2. The number of hydrogen-bond acceptors (Lipinski definition) is 3. The Kier molecular flexibility index (Phi) is 13.1. The third-order valence-corrected chi connectivity index (χ3v) is 7.43. The largest absolute Gasteiger partial charge is 0.397 e. The molecule has 32 heavy (non-hydrogen) atoms. The minimum Gasteiger partial charge on any atom is -0.397 e. The van der Waals surface area contributed by atoms with Gasteiger partial charge in [0.25, 0.3) is 0 Å². The van der Waals surface area contributed by atoms with Crippen LogP contribution >= 0.6 is 0 Å². The summed E-state index contributed by atoms with van der Waals surface area (Å²) in [5.41, 5.74) is 2.95. The SMILES string of the molecule is CC.CC(C)(O)C/C=C/CC1CCC2/C(=C/C=C3/CCCC(O)C3)CCCC12C.CCO. The first-order valence-corrected chi connectivity index (χ1v) is 13.2. The highest BCUT2D eigenvalue weighted by molar-refractivity contribution is 5.25. The molecule has 3 fully saturated rings. The van der Waals surface area contributed by atoms with Crippen molar-refractivity contribution in [3.05, 3.63) is 35.5 Å². The molecule has 3 heteroatoms. The molecule has 0 bridgehead atoms. The summed E-state index contributed by atoms with van der Waals surface area (Å²) >= 11 is 0. The lowest BCUT2D eigenvalue weighted by molar-refractivity contribution is 0.0837. The van der Waals surface area contributed by atoms with Crippen molar-refractivity contribution in [2.24, 2.45) is 17.3 Å². The van der Waals surface area contributed by atoms with Crippen LogP contribution in [-0.4, -0.2) is 33.6 Å². The second-order valence-electron chi connectivity index (χ2n) is 10.5. The quantitative estimate of drug-likeness (QED) is 0.392. The minimum absolute atomic E-state index is 0.119. The van der Waals surface area contributed by atoms with E-state index in [2.05, 4.69) is 31.2 Å². The molecule has 4 atom stereocenters. The molecule has 0 heterocycles. The van der Waals surface area contributed by atoms with Gasteiger partial charge >= 0.3 is 0 Å². The van der Waals surface area contributed by atoms with Crippen LogP contribution in [0.5, 0.6) is 0 Å². The molecular formula is C29H52O3. The first kappa shape index (κ1) is 29.1. The predicted octanol–water partition coefficient (Wildman–Crippen LogP) is 7.12. The van der Waals surface area contributed by atoms with E-state index in [0.29, 0.717) is 5.41 Å². The molecule has 0 amide bonds. The summed E-state index contributed by atoms with van der Waals surface area (Å²) in [4.78, 5) is 0. The summed E-state index contributed by atoms with van der Waals surface area (Å²) in [6, 6.07) is 0. The molecule has 4 unspecified atom stereocenters. The molecule has 3 aliphatic rings. The van der Waals surface area contributed by atoms with Gasteiger partial charge in [0.15, 0.2) is 0 Å². The van der Waals surface area contributed by atoms with E-state index in [-0.39, 0.29) is 12.7 Å². The summed E-state index contributed by atoms with van der Waals surface area (Å²) in [7, 11) is 0. The summed E-state index contributed by atoms with van der Waals surface area (Å²) in [5.74, 6) is 1.51. The van der Waals surface area contributed by atoms with E-state index in [9.17, 15) is 10.2 Å². The second-order valence-corrected chi connectivity index (χ2v) is 10.5. The van der Waals surface area contributed by atoms with Crippen LogP contribution in [0.25, 0.3) is 0 Å². The Morgan fingerprint density at radius 2 is 1.72 bits per heavy atom. The van der Waals surface area contributed by atoms with Gasteiger partial charge in [-0.2, -0.15) is 0 Å². The summed E-state index contributed by atoms with van der Waals surface area (Å²) in [6.07, 6.45) is 21.8. The van der Waals surface area contributed by atoms with Gasteiger partial charge in [-0.3, -0.25) is 0 Å². The number of aliphatic hydroxyl groups is 3. The maximum atomic E-state index is 9.91. The number of hydrogen-bond donors (Lipinski definition) is 3. The Hall–Kier alpha value is -0.900. The lowest BCUT2D eigenvalue weighted by Crippen LogP contribution is -2.33. The number of aliphatic hydroxyl groups excluding tert-OH is 2. The topological polar surface area (TPSA) is 60.7 Å². The average molecular weight is 449 g/mol. The van der Waals surface area contributed by atoms with Crippen LogP contribution in [0.3, 0.4) is 0 Å². The molecule has 3 aliphatic carbocycles. The Morgan fingerprint density at radius 1 is 1.03 bits per heavy atom. The van der Waals surface area contributed by atoms with Gasteiger partial charge in [-0.05, 0) is 109 Å². The zero-order chi connectivity index (χ0) is 24.2. The molecule has 0 aromatic heterocycles. The number of fused-ring (bicyclic) bond motifs is 1. The van der Waals surface area contributed by atoms with E-state index in [1.165, 1.54) is 37.7 Å². The average Bonchev–Trinajstić information content (AvgIpc) is 3.08. The fourth-order valence-electron chi connectivity index (χ4n) is 5.81. The maximum absolute atomic E-state index is 9.91. The second kappa shape index (κ2) is 14.4. The first-order chi connectivity index (χ1) is 15.2. The predicted molar refractivity (Wildman–Crippen MR) is 138 cm³/mol. The monoisotopic (exact) mass is 448 g/mol. The molecule has 0 aliphatic heterocycles. The Balaban J connectivity index is 0.000000944. The Bertz CT molecular complexity index is 610. The van der Waals surface area contributed by atoms with Gasteiger partial charge in [0.2, 0.25) is 0 Å². The number of rotatable bonds is 5. The zero-order valence-corrected chi connectivity index (χ0v) is 21.9. The van der Waals surface area contributed by atoms with E-state index in [0.717, 1.165) is 50.4 Å². The standard InChI is InChI=1S/C25H40O2.C2H6O.C2H6/c1-24(2,27)16-5-4-10-21-14-15-23-20(9-7-17-25(21,23)3)13-12-19-8-6-11-22(26)18-19;1-2-3;1-2/h4-5,12-13,21-23,26-27H,6-11,14-18H2,1-3H3;3H,2H2,1H3;1-2H3/b5-4+,19-12-,20-13+;;. The van der Waals surface area contributed by atoms with Gasteiger partial charge < -0.3 is 15.3 Å². The van der Waals surface area contributed by atoms with Gasteiger partial charge in [0.1, 0.15) is 0 Å². The lowest BCUT2D eigenvalue weighted by Gasteiger charge is -2.42. The zero-order valence-electron chi connectivity index (χ0n) is 21.9. The van der Waals surface area contributed by atoms with Gasteiger partial charge in [0, 0.05) is 6.61 Å². The molecule has 0 radical (unpaired) electrons. The highest BCUT2D eigenvalue weighted by atomic mass is 16.3. The van der Waals surface area contributed by atoms with Crippen molar-refractivity contribution in [2.75, 3.05) is 6.61 Å².